The van der Waals surface area contributed by atoms with Crippen molar-refractivity contribution in [2.45, 2.75) is 25.4 Å². The molecular formula is C14H20N6O3. The topological polar surface area (TPSA) is 103 Å². The molecule has 1 fully saturated rings. The summed E-state index contributed by atoms with van der Waals surface area (Å²) in [5.41, 5.74) is -0.431. The molecule has 2 N–H and O–H groups in total. The number of amides is 1. The normalized spacial score (nSPS) is 17.7. The number of rotatable bonds is 4. The zero-order valence-corrected chi connectivity index (χ0v) is 13.2. The molecule has 0 spiro atoms. The lowest BCUT2D eigenvalue weighted by molar-refractivity contribution is -0.121. The molecule has 9 nitrogen and oxygen atoms in total. The van der Waals surface area contributed by atoms with Crippen LogP contribution in [-0.4, -0.2) is 43.7 Å². The SMILES string of the molecule is Cn1cnc2c1c(=O)n(CC(=O)NCC1CCCN1)c(=O)n2C. The Labute approximate surface area is 131 Å². The summed E-state index contributed by atoms with van der Waals surface area (Å²) < 4.78 is 3.78. The predicted octanol–water partition coefficient (Wildman–Crippen LogP) is -1.70. The van der Waals surface area contributed by atoms with Crippen LogP contribution in [0.25, 0.3) is 11.2 Å². The first kappa shape index (κ1) is 15.5. The summed E-state index contributed by atoms with van der Waals surface area (Å²) in [6, 6.07) is 0.262. The quantitative estimate of drug-likeness (QED) is 0.699. The van der Waals surface area contributed by atoms with Crippen LogP contribution in [0.2, 0.25) is 0 Å². The molecule has 3 heterocycles. The van der Waals surface area contributed by atoms with E-state index in [2.05, 4.69) is 15.6 Å². The van der Waals surface area contributed by atoms with Crippen molar-refractivity contribution in [2.24, 2.45) is 14.1 Å². The average Bonchev–Trinajstić information content (AvgIpc) is 3.17. The van der Waals surface area contributed by atoms with Crippen molar-refractivity contribution in [1.82, 2.24) is 29.3 Å². The maximum Gasteiger partial charge on any atom is 0.332 e. The second kappa shape index (κ2) is 5.99. The van der Waals surface area contributed by atoms with E-state index in [-0.39, 0.29) is 18.5 Å². The Bertz CT molecular complexity index is 856. The van der Waals surface area contributed by atoms with Gasteiger partial charge in [-0.05, 0) is 19.4 Å². The lowest BCUT2D eigenvalue weighted by Crippen LogP contribution is -2.45. The number of fused-ring (bicyclic) bond motifs is 1. The van der Waals surface area contributed by atoms with Crippen LogP contribution in [0.5, 0.6) is 0 Å². The molecule has 1 atom stereocenters. The minimum Gasteiger partial charge on any atom is -0.353 e. The molecular weight excluding hydrogens is 300 g/mol. The largest absolute Gasteiger partial charge is 0.353 e. The Morgan fingerprint density at radius 1 is 1.43 bits per heavy atom. The molecule has 1 aliphatic heterocycles. The second-order valence-corrected chi connectivity index (χ2v) is 5.86. The molecule has 1 amide bonds. The summed E-state index contributed by atoms with van der Waals surface area (Å²) in [5, 5.41) is 6.05. The molecule has 9 heteroatoms. The van der Waals surface area contributed by atoms with Crippen LogP contribution in [0.3, 0.4) is 0 Å². The highest BCUT2D eigenvalue weighted by Gasteiger charge is 2.18. The van der Waals surface area contributed by atoms with E-state index in [9.17, 15) is 14.4 Å². The number of imidazole rings is 1. The molecule has 1 aliphatic rings. The fraction of sp³-hybridized carbons (Fsp3) is 0.571. The van der Waals surface area contributed by atoms with E-state index in [4.69, 9.17) is 0 Å². The number of hydrogen-bond acceptors (Lipinski definition) is 5. The molecule has 2 aromatic rings. The predicted molar refractivity (Wildman–Crippen MR) is 84.2 cm³/mol. The molecule has 0 bridgehead atoms. The number of carbonyl (C=O) groups excluding carboxylic acids is 1. The first-order valence-corrected chi connectivity index (χ1v) is 7.60. The summed E-state index contributed by atoms with van der Waals surface area (Å²) >= 11 is 0. The lowest BCUT2D eigenvalue weighted by atomic mass is 10.2. The van der Waals surface area contributed by atoms with Crippen LogP contribution in [0.1, 0.15) is 12.8 Å². The lowest BCUT2D eigenvalue weighted by Gasteiger charge is -2.12. The monoisotopic (exact) mass is 320 g/mol. The van der Waals surface area contributed by atoms with Gasteiger partial charge in [0.05, 0.1) is 6.33 Å². The Balaban J connectivity index is 1.84. The van der Waals surface area contributed by atoms with Gasteiger partial charge in [-0.1, -0.05) is 0 Å². The van der Waals surface area contributed by atoms with Crippen molar-refractivity contribution >= 4 is 17.1 Å². The van der Waals surface area contributed by atoms with Gasteiger partial charge in [-0.3, -0.25) is 14.2 Å². The second-order valence-electron chi connectivity index (χ2n) is 5.86. The van der Waals surface area contributed by atoms with E-state index >= 15 is 0 Å². The highest BCUT2D eigenvalue weighted by Crippen LogP contribution is 2.04. The van der Waals surface area contributed by atoms with Gasteiger partial charge in [0.15, 0.2) is 11.2 Å². The standard InChI is InChI=1S/C14H20N6O3/c1-18-8-17-12-11(18)13(22)20(14(23)19(12)2)7-10(21)16-6-9-4-3-5-15-9/h8-9,15H,3-7H2,1-2H3,(H,16,21). The van der Waals surface area contributed by atoms with Crippen LogP contribution in [0.15, 0.2) is 15.9 Å². The Morgan fingerprint density at radius 2 is 2.22 bits per heavy atom. The van der Waals surface area contributed by atoms with E-state index in [0.29, 0.717) is 17.7 Å². The molecule has 0 radical (unpaired) electrons. The van der Waals surface area contributed by atoms with Crippen LogP contribution in [0, 0.1) is 0 Å². The van der Waals surface area contributed by atoms with Crippen molar-refractivity contribution in [3.63, 3.8) is 0 Å². The molecule has 23 heavy (non-hydrogen) atoms. The first-order valence-electron chi connectivity index (χ1n) is 7.60. The molecule has 2 aromatic heterocycles. The summed E-state index contributed by atoms with van der Waals surface area (Å²) in [4.78, 5) is 40.9. The van der Waals surface area contributed by atoms with Crippen LogP contribution >= 0.6 is 0 Å². The van der Waals surface area contributed by atoms with Gasteiger partial charge in [0.1, 0.15) is 6.54 Å². The zero-order valence-electron chi connectivity index (χ0n) is 13.2. The number of nitrogens with zero attached hydrogens (tertiary/aromatic N) is 4. The smallest absolute Gasteiger partial charge is 0.332 e. The fourth-order valence-electron chi connectivity index (χ4n) is 2.90. The molecule has 0 saturated carbocycles. The first-order chi connectivity index (χ1) is 11.0. The van der Waals surface area contributed by atoms with E-state index < -0.39 is 11.2 Å². The maximum atomic E-state index is 12.5. The van der Waals surface area contributed by atoms with Crippen LogP contribution in [0.4, 0.5) is 0 Å². The number of aromatic nitrogens is 4. The van der Waals surface area contributed by atoms with Gasteiger partial charge in [0, 0.05) is 26.7 Å². The third-order valence-corrected chi connectivity index (χ3v) is 4.21. The highest BCUT2D eigenvalue weighted by molar-refractivity contribution is 5.76. The zero-order chi connectivity index (χ0) is 16.6. The van der Waals surface area contributed by atoms with Crippen LogP contribution < -0.4 is 21.9 Å². The third-order valence-electron chi connectivity index (χ3n) is 4.21. The maximum absolute atomic E-state index is 12.5. The van der Waals surface area contributed by atoms with Crippen molar-refractivity contribution in [3.8, 4) is 0 Å². The van der Waals surface area contributed by atoms with Crippen molar-refractivity contribution in [1.29, 1.82) is 0 Å². The van der Waals surface area contributed by atoms with Gasteiger partial charge in [-0.2, -0.15) is 0 Å². The summed E-state index contributed by atoms with van der Waals surface area (Å²) in [6.45, 7) is 1.17. The minimum absolute atomic E-state index is 0.262. The molecule has 0 aliphatic carbocycles. The third kappa shape index (κ3) is 2.79. The highest BCUT2D eigenvalue weighted by atomic mass is 16.2. The molecule has 3 rings (SSSR count). The van der Waals surface area contributed by atoms with E-state index in [1.807, 2.05) is 0 Å². The van der Waals surface area contributed by atoms with Gasteiger partial charge in [-0.25, -0.2) is 14.3 Å². The minimum atomic E-state index is -0.546. The van der Waals surface area contributed by atoms with Crippen molar-refractivity contribution < 1.29 is 4.79 Å². The van der Waals surface area contributed by atoms with Gasteiger partial charge in [0.25, 0.3) is 5.56 Å². The summed E-state index contributed by atoms with van der Waals surface area (Å²) in [7, 11) is 3.21. The Kier molecular flexibility index (Phi) is 4.03. The number of aryl methyl sites for hydroxylation is 2. The number of hydrogen-bond donors (Lipinski definition) is 2. The van der Waals surface area contributed by atoms with Crippen molar-refractivity contribution in [2.75, 3.05) is 13.1 Å². The number of nitrogens with one attached hydrogen (secondary N) is 2. The van der Waals surface area contributed by atoms with Gasteiger partial charge >= 0.3 is 5.69 Å². The molecule has 0 aromatic carbocycles. The molecule has 124 valence electrons. The van der Waals surface area contributed by atoms with E-state index in [0.717, 1.165) is 24.0 Å². The summed E-state index contributed by atoms with van der Waals surface area (Å²) in [5.74, 6) is -0.348. The Morgan fingerprint density at radius 3 is 2.91 bits per heavy atom. The van der Waals surface area contributed by atoms with E-state index in [1.54, 1.807) is 11.6 Å². The van der Waals surface area contributed by atoms with E-state index in [1.165, 1.54) is 17.9 Å². The average molecular weight is 320 g/mol. The molecule has 1 unspecified atom stereocenters. The number of carbonyl (C=O) groups is 1. The molecule has 1 saturated heterocycles. The van der Waals surface area contributed by atoms with Gasteiger partial charge in [-0.15, -0.1) is 0 Å². The van der Waals surface area contributed by atoms with Crippen LogP contribution in [-0.2, 0) is 25.4 Å². The fourth-order valence-corrected chi connectivity index (χ4v) is 2.90. The Hall–Kier alpha value is -2.42. The van der Waals surface area contributed by atoms with Crippen molar-refractivity contribution in [3.05, 3.63) is 27.2 Å². The summed E-state index contributed by atoms with van der Waals surface area (Å²) in [6.07, 6.45) is 3.59. The van der Waals surface area contributed by atoms with Gasteiger partial charge in [0.2, 0.25) is 5.91 Å². The van der Waals surface area contributed by atoms with Gasteiger partial charge < -0.3 is 15.2 Å².